The maximum absolute atomic E-state index is 12.9. The number of nitrogens with zero attached hydrogens (tertiary/aromatic N) is 3. The van der Waals surface area contributed by atoms with Crippen molar-refractivity contribution >= 4 is 17.1 Å². The van der Waals surface area contributed by atoms with Gasteiger partial charge in [0.2, 0.25) is 0 Å². The van der Waals surface area contributed by atoms with Crippen molar-refractivity contribution in [1.29, 1.82) is 0 Å². The summed E-state index contributed by atoms with van der Waals surface area (Å²) in [5, 5.41) is 15.6. The van der Waals surface area contributed by atoms with E-state index in [9.17, 15) is 9.90 Å². The van der Waals surface area contributed by atoms with Gasteiger partial charge in [0.25, 0.3) is 5.56 Å². The molecule has 0 spiro atoms. The van der Waals surface area contributed by atoms with Crippen molar-refractivity contribution < 1.29 is 5.11 Å². The summed E-state index contributed by atoms with van der Waals surface area (Å²) in [6.45, 7) is 2.27. The van der Waals surface area contributed by atoms with Gasteiger partial charge >= 0.3 is 0 Å². The Bertz CT molecular complexity index is 1160. The SMILES string of the molecule is CCc1ccc(-c2cc3c(=O)n(C[C@@H](O)c4ccc(Cl)cc4)ccn3n2)cc1. The van der Waals surface area contributed by atoms with Crippen molar-refractivity contribution in [2.45, 2.75) is 26.0 Å². The first kappa shape index (κ1) is 18.5. The zero-order valence-corrected chi connectivity index (χ0v) is 16.2. The Labute approximate surface area is 167 Å². The van der Waals surface area contributed by atoms with E-state index >= 15 is 0 Å². The van der Waals surface area contributed by atoms with E-state index in [0.29, 0.717) is 16.1 Å². The van der Waals surface area contributed by atoms with Gasteiger partial charge in [0.05, 0.1) is 18.3 Å². The van der Waals surface area contributed by atoms with Crippen molar-refractivity contribution in [3.05, 3.63) is 93.5 Å². The highest BCUT2D eigenvalue weighted by molar-refractivity contribution is 6.30. The van der Waals surface area contributed by atoms with E-state index in [1.807, 2.05) is 12.1 Å². The molecule has 6 heteroatoms. The molecule has 0 saturated carbocycles. The predicted molar refractivity (Wildman–Crippen MR) is 111 cm³/mol. The summed E-state index contributed by atoms with van der Waals surface area (Å²) in [6, 6.07) is 16.9. The Morgan fingerprint density at radius 1 is 1.07 bits per heavy atom. The Hall–Kier alpha value is -2.89. The molecule has 5 nitrogen and oxygen atoms in total. The minimum Gasteiger partial charge on any atom is -0.387 e. The second-order valence-electron chi connectivity index (χ2n) is 6.73. The molecule has 2 aromatic heterocycles. The van der Waals surface area contributed by atoms with E-state index in [-0.39, 0.29) is 12.1 Å². The Balaban J connectivity index is 1.64. The lowest BCUT2D eigenvalue weighted by Gasteiger charge is -2.13. The topological polar surface area (TPSA) is 59.5 Å². The number of aryl methyl sites for hydroxylation is 1. The molecule has 28 heavy (non-hydrogen) atoms. The number of rotatable bonds is 5. The van der Waals surface area contributed by atoms with E-state index in [1.165, 1.54) is 10.1 Å². The maximum atomic E-state index is 12.9. The Morgan fingerprint density at radius 2 is 1.79 bits per heavy atom. The van der Waals surface area contributed by atoms with Crippen LogP contribution in [0.25, 0.3) is 16.8 Å². The first-order valence-corrected chi connectivity index (χ1v) is 9.54. The van der Waals surface area contributed by atoms with Gasteiger partial charge < -0.3 is 9.67 Å². The fourth-order valence-corrected chi connectivity index (χ4v) is 3.32. The summed E-state index contributed by atoms with van der Waals surface area (Å²) in [6.07, 6.45) is 3.55. The Kier molecular flexibility index (Phi) is 5.03. The quantitative estimate of drug-likeness (QED) is 0.555. The second kappa shape index (κ2) is 7.62. The molecule has 1 N–H and O–H groups in total. The average molecular weight is 394 g/mol. The van der Waals surface area contributed by atoms with Crippen molar-refractivity contribution in [2.75, 3.05) is 0 Å². The van der Waals surface area contributed by atoms with Gasteiger partial charge in [-0.2, -0.15) is 5.10 Å². The van der Waals surface area contributed by atoms with Crippen LogP contribution in [0.15, 0.2) is 71.8 Å². The van der Waals surface area contributed by atoms with E-state index in [4.69, 9.17) is 11.6 Å². The van der Waals surface area contributed by atoms with Crippen LogP contribution in [0.1, 0.15) is 24.2 Å². The molecule has 0 unspecified atom stereocenters. The molecule has 0 fully saturated rings. The lowest BCUT2D eigenvalue weighted by Crippen LogP contribution is -2.24. The van der Waals surface area contributed by atoms with Crippen LogP contribution in [0.2, 0.25) is 5.02 Å². The van der Waals surface area contributed by atoms with Crippen LogP contribution in [0.4, 0.5) is 0 Å². The smallest absolute Gasteiger partial charge is 0.276 e. The van der Waals surface area contributed by atoms with Gasteiger partial charge in [-0.1, -0.05) is 54.9 Å². The van der Waals surface area contributed by atoms with Gasteiger partial charge in [0, 0.05) is 23.0 Å². The summed E-state index contributed by atoms with van der Waals surface area (Å²) in [7, 11) is 0. The van der Waals surface area contributed by atoms with Crippen LogP contribution in [0.5, 0.6) is 0 Å². The van der Waals surface area contributed by atoms with Crippen LogP contribution in [-0.2, 0) is 13.0 Å². The van der Waals surface area contributed by atoms with Crippen LogP contribution in [-0.4, -0.2) is 19.3 Å². The number of hydrogen-bond donors (Lipinski definition) is 1. The molecular weight excluding hydrogens is 374 g/mol. The first-order valence-electron chi connectivity index (χ1n) is 9.17. The minimum atomic E-state index is -0.804. The molecule has 0 radical (unpaired) electrons. The number of fused-ring (bicyclic) bond motifs is 1. The van der Waals surface area contributed by atoms with Gasteiger partial charge in [-0.25, -0.2) is 4.52 Å². The summed E-state index contributed by atoms with van der Waals surface area (Å²) in [5.74, 6) is 0. The van der Waals surface area contributed by atoms with E-state index in [1.54, 1.807) is 47.2 Å². The van der Waals surface area contributed by atoms with Crippen LogP contribution < -0.4 is 5.56 Å². The fourth-order valence-electron chi connectivity index (χ4n) is 3.20. The van der Waals surface area contributed by atoms with Gasteiger partial charge in [-0.15, -0.1) is 0 Å². The highest BCUT2D eigenvalue weighted by Gasteiger charge is 2.13. The van der Waals surface area contributed by atoms with E-state index in [0.717, 1.165) is 17.7 Å². The molecule has 0 amide bonds. The largest absolute Gasteiger partial charge is 0.387 e. The van der Waals surface area contributed by atoms with E-state index in [2.05, 4.69) is 24.2 Å². The molecule has 0 aliphatic rings. The average Bonchev–Trinajstić information content (AvgIpc) is 3.16. The molecule has 2 heterocycles. The first-order chi connectivity index (χ1) is 13.5. The molecule has 0 aliphatic carbocycles. The highest BCUT2D eigenvalue weighted by atomic mass is 35.5. The molecule has 0 bridgehead atoms. The zero-order valence-electron chi connectivity index (χ0n) is 15.4. The summed E-state index contributed by atoms with van der Waals surface area (Å²) in [4.78, 5) is 12.9. The van der Waals surface area contributed by atoms with Gasteiger partial charge in [0.1, 0.15) is 5.52 Å². The van der Waals surface area contributed by atoms with Crippen molar-refractivity contribution in [3.63, 3.8) is 0 Å². The van der Waals surface area contributed by atoms with Crippen molar-refractivity contribution in [3.8, 4) is 11.3 Å². The molecule has 142 valence electrons. The lowest BCUT2D eigenvalue weighted by molar-refractivity contribution is 0.155. The van der Waals surface area contributed by atoms with Crippen LogP contribution >= 0.6 is 11.6 Å². The number of aromatic nitrogens is 3. The van der Waals surface area contributed by atoms with Gasteiger partial charge in [0.15, 0.2) is 0 Å². The lowest BCUT2D eigenvalue weighted by atomic mass is 10.1. The van der Waals surface area contributed by atoms with Crippen LogP contribution in [0, 0.1) is 0 Å². The second-order valence-corrected chi connectivity index (χ2v) is 7.17. The molecule has 4 aromatic rings. The van der Waals surface area contributed by atoms with Gasteiger partial charge in [-0.05, 0) is 35.7 Å². The third kappa shape index (κ3) is 3.59. The maximum Gasteiger partial charge on any atom is 0.276 e. The number of benzene rings is 2. The standard InChI is InChI=1S/C22H20ClN3O2/c1-2-15-3-5-16(6-4-15)19-13-20-22(28)25(11-12-26(20)24-19)14-21(27)17-7-9-18(23)10-8-17/h3-13,21,27H,2,14H2,1H3/t21-/m1/s1. The van der Waals surface area contributed by atoms with Crippen molar-refractivity contribution in [2.24, 2.45) is 0 Å². The van der Waals surface area contributed by atoms with Gasteiger partial charge in [-0.3, -0.25) is 4.79 Å². The Morgan fingerprint density at radius 3 is 2.46 bits per heavy atom. The summed E-state index contributed by atoms with van der Waals surface area (Å²) >= 11 is 5.89. The number of aliphatic hydroxyl groups is 1. The summed E-state index contributed by atoms with van der Waals surface area (Å²) in [5.41, 5.74) is 3.95. The third-order valence-corrected chi connectivity index (χ3v) is 5.14. The minimum absolute atomic E-state index is 0.155. The monoisotopic (exact) mass is 393 g/mol. The predicted octanol–water partition coefficient (Wildman–Crippen LogP) is 4.11. The number of hydrogen-bond acceptors (Lipinski definition) is 3. The van der Waals surface area contributed by atoms with E-state index < -0.39 is 6.10 Å². The third-order valence-electron chi connectivity index (χ3n) is 4.89. The van der Waals surface area contributed by atoms with Crippen molar-refractivity contribution in [1.82, 2.24) is 14.2 Å². The number of aliphatic hydroxyl groups excluding tert-OH is 1. The highest BCUT2D eigenvalue weighted by Crippen LogP contribution is 2.20. The normalized spacial score (nSPS) is 12.4. The van der Waals surface area contributed by atoms with Crippen LogP contribution in [0.3, 0.4) is 0 Å². The molecule has 2 aromatic carbocycles. The fraction of sp³-hybridized carbons (Fsp3) is 0.182. The molecule has 1 atom stereocenters. The summed E-state index contributed by atoms with van der Waals surface area (Å²) < 4.78 is 3.08. The molecule has 4 rings (SSSR count). The molecule has 0 saturated heterocycles. The molecule has 0 aliphatic heterocycles. The number of halogens is 1. The zero-order chi connectivity index (χ0) is 19.7. The molecular formula is C22H20ClN3O2.